The predicted molar refractivity (Wildman–Crippen MR) is 78.4 cm³/mol. The third kappa shape index (κ3) is 4.28. The highest BCUT2D eigenvalue weighted by Gasteiger charge is 2.33. The van der Waals surface area contributed by atoms with Crippen molar-refractivity contribution >= 4 is 11.7 Å². The molecule has 0 spiro atoms. The number of rotatable bonds is 5. The molecular formula is C15H27N3O2. The average Bonchev–Trinajstić information content (AvgIpc) is 2.48. The summed E-state index contributed by atoms with van der Waals surface area (Å²) in [6, 6.07) is 0. The summed E-state index contributed by atoms with van der Waals surface area (Å²) in [6.07, 6.45) is 3.89. The molecule has 2 fully saturated rings. The fourth-order valence-electron chi connectivity index (χ4n) is 3.33. The molecule has 0 radical (unpaired) electrons. The number of amides is 1. The zero-order chi connectivity index (χ0) is 14.4. The van der Waals surface area contributed by atoms with Crippen LogP contribution in [0.1, 0.15) is 32.6 Å². The van der Waals surface area contributed by atoms with Crippen molar-refractivity contribution in [3.05, 3.63) is 0 Å². The first-order valence-corrected chi connectivity index (χ1v) is 7.89. The van der Waals surface area contributed by atoms with Crippen LogP contribution in [0.25, 0.3) is 0 Å². The van der Waals surface area contributed by atoms with E-state index >= 15 is 0 Å². The molecule has 1 saturated carbocycles. The predicted octanol–water partition coefficient (Wildman–Crippen LogP) is 0.403. The lowest BCUT2D eigenvalue weighted by Gasteiger charge is -2.30. The molecule has 114 valence electrons. The summed E-state index contributed by atoms with van der Waals surface area (Å²) in [6.45, 7) is 7.39. The SMILES string of the molecule is CC(=O)[C@@H]1CCCCC1C(=O)NCCN1CCNCC1. The topological polar surface area (TPSA) is 61.4 Å². The van der Waals surface area contributed by atoms with Crippen LogP contribution in [0.2, 0.25) is 0 Å². The van der Waals surface area contributed by atoms with Crippen LogP contribution in [0.5, 0.6) is 0 Å². The maximum atomic E-state index is 12.3. The van der Waals surface area contributed by atoms with Crippen LogP contribution in [-0.4, -0.2) is 55.9 Å². The number of ketones is 1. The molecule has 2 aliphatic rings. The summed E-state index contributed by atoms with van der Waals surface area (Å²) in [5.41, 5.74) is 0. The van der Waals surface area contributed by atoms with Gasteiger partial charge in [-0.05, 0) is 19.8 Å². The average molecular weight is 281 g/mol. The van der Waals surface area contributed by atoms with Crippen LogP contribution < -0.4 is 10.6 Å². The molecule has 1 aliphatic heterocycles. The van der Waals surface area contributed by atoms with E-state index in [1.165, 1.54) is 0 Å². The Hall–Kier alpha value is -0.940. The first kappa shape index (κ1) is 15.4. The quantitative estimate of drug-likeness (QED) is 0.766. The minimum absolute atomic E-state index is 0.0528. The van der Waals surface area contributed by atoms with E-state index in [9.17, 15) is 9.59 Å². The van der Waals surface area contributed by atoms with E-state index in [4.69, 9.17) is 0 Å². The molecular weight excluding hydrogens is 254 g/mol. The van der Waals surface area contributed by atoms with Gasteiger partial charge in [0.1, 0.15) is 5.78 Å². The first-order chi connectivity index (χ1) is 9.68. The molecule has 20 heavy (non-hydrogen) atoms. The van der Waals surface area contributed by atoms with Crippen molar-refractivity contribution in [2.45, 2.75) is 32.6 Å². The van der Waals surface area contributed by atoms with Gasteiger partial charge in [-0.15, -0.1) is 0 Å². The zero-order valence-corrected chi connectivity index (χ0v) is 12.5. The van der Waals surface area contributed by atoms with Crippen LogP contribution in [0, 0.1) is 11.8 Å². The number of carbonyl (C=O) groups is 2. The highest BCUT2D eigenvalue weighted by atomic mass is 16.2. The highest BCUT2D eigenvalue weighted by molar-refractivity contribution is 5.87. The van der Waals surface area contributed by atoms with Gasteiger partial charge < -0.3 is 10.6 Å². The minimum atomic E-state index is -0.0933. The second-order valence-corrected chi connectivity index (χ2v) is 5.99. The summed E-state index contributed by atoms with van der Waals surface area (Å²) in [4.78, 5) is 26.3. The smallest absolute Gasteiger partial charge is 0.223 e. The van der Waals surface area contributed by atoms with Gasteiger partial charge in [0.2, 0.25) is 5.91 Å². The van der Waals surface area contributed by atoms with Crippen LogP contribution in [0.15, 0.2) is 0 Å². The molecule has 2 atom stereocenters. The Morgan fingerprint density at radius 1 is 1.15 bits per heavy atom. The van der Waals surface area contributed by atoms with Crippen molar-refractivity contribution in [1.29, 1.82) is 0 Å². The van der Waals surface area contributed by atoms with E-state index in [1.54, 1.807) is 6.92 Å². The van der Waals surface area contributed by atoms with E-state index in [0.29, 0.717) is 6.54 Å². The summed E-state index contributed by atoms with van der Waals surface area (Å²) < 4.78 is 0. The molecule has 0 aromatic carbocycles. The monoisotopic (exact) mass is 281 g/mol. The number of Topliss-reactive ketones (excluding diaryl/α,β-unsaturated/α-hetero) is 1. The fraction of sp³-hybridized carbons (Fsp3) is 0.867. The number of nitrogens with zero attached hydrogens (tertiary/aromatic N) is 1. The van der Waals surface area contributed by atoms with Gasteiger partial charge in [0.25, 0.3) is 0 Å². The molecule has 1 aliphatic carbocycles. The van der Waals surface area contributed by atoms with Crippen LogP contribution in [-0.2, 0) is 9.59 Å². The summed E-state index contributed by atoms with van der Waals surface area (Å²) >= 11 is 0. The van der Waals surface area contributed by atoms with Gasteiger partial charge in [0.05, 0.1) is 0 Å². The van der Waals surface area contributed by atoms with Gasteiger partial charge >= 0.3 is 0 Å². The maximum absolute atomic E-state index is 12.3. The van der Waals surface area contributed by atoms with Crippen molar-refractivity contribution in [3.8, 4) is 0 Å². The van der Waals surface area contributed by atoms with Crippen LogP contribution in [0.4, 0.5) is 0 Å². The number of nitrogens with one attached hydrogen (secondary N) is 2. The van der Waals surface area contributed by atoms with Crippen LogP contribution >= 0.6 is 0 Å². The van der Waals surface area contributed by atoms with E-state index in [0.717, 1.165) is 58.4 Å². The van der Waals surface area contributed by atoms with Gasteiger partial charge in [-0.1, -0.05) is 12.8 Å². The summed E-state index contributed by atoms with van der Waals surface area (Å²) in [7, 11) is 0. The lowest BCUT2D eigenvalue weighted by Crippen LogP contribution is -2.47. The van der Waals surface area contributed by atoms with Crippen molar-refractivity contribution in [2.75, 3.05) is 39.3 Å². The Labute approximate surface area is 121 Å². The van der Waals surface area contributed by atoms with Gasteiger partial charge in [0.15, 0.2) is 0 Å². The van der Waals surface area contributed by atoms with Gasteiger partial charge in [-0.25, -0.2) is 0 Å². The second-order valence-electron chi connectivity index (χ2n) is 5.99. The second kappa shape index (κ2) is 7.74. The Bertz CT molecular complexity index is 340. The minimum Gasteiger partial charge on any atom is -0.355 e. The lowest BCUT2D eigenvalue weighted by molar-refractivity contribution is -0.134. The molecule has 2 rings (SSSR count). The zero-order valence-electron chi connectivity index (χ0n) is 12.5. The Balaban J connectivity index is 1.73. The fourth-order valence-corrected chi connectivity index (χ4v) is 3.33. The highest BCUT2D eigenvalue weighted by Crippen LogP contribution is 2.30. The third-order valence-electron chi connectivity index (χ3n) is 4.56. The van der Waals surface area contributed by atoms with Gasteiger partial charge in [0, 0.05) is 51.1 Å². The molecule has 1 saturated heterocycles. The molecule has 1 amide bonds. The Morgan fingerprint density at radius 2 is 1.80 bits per heavy atom. The van der Waals surface area contributed by atoms with Crippen molar-refractivity contribution in [3.63, 3.8) is 0 Å². The molecule has 1 unspecified atom stereocenters. The molecule has 2 N–H and O–H groups in total. The van der Waals surface area contributed by atoms with Crippen LogP contribution in [0.3, 0.4) is 0 Å². The number of hydrogen-bond acceptors (Lipinski definition) is 4. The van der Waals surface area contributed by atoms with Crippen molar-refractivity contribution in [1.82, 2.24) is 15.5 Å². The van der Waals surface area contributed by atoms with Crippen molar-refractivity contribution < 1.29 is 9.59 Å². The first-order valence-electron chi connectivity index (χ1n) is 7.89. The van der Waals surface area contributed by atoms with E-state index in [-0.39, 0.29) is 23.5 Å². The number of carbonyl (C=O) groups excluding carboxylic acids is 2. The normalized spacial score (nSPS) is 28.1. The molecule has 5 heteroatoms. The largest absolute Gasteiger partial charge is 0.355 e. The van der Waals surface area contributed by atoms with E-state index < -0.39 is 0 Å². The van der Waals surface area contributed by atoms with E-state index in [1.807, 2.05) is 0 Å². The molecule has 0 bridgehead atoms. The van der Waals surface area contributed by atoms with Gasteiger partial charge in [-0.3, -0.25) is 14.5 Å². The van der Waals surface area contributed by atoms with Gasteiger partial charge in [-0.2, -0.15) is 0 Å². The maximum Gasteiger partial charge on any atom is 0.223 e. The summed E-state index contributed by atoms with van der Waals surface area (Å²) in [5.74, 6) is 0.110. The van der Waals surface area contributed by atoms with Crippen molar-refractivity contribution in [2.24, 2.45) is 11.8 Å². The Kier molecular flexibility index (Phi) is 5.98. The Morgan fingerprint density at radius 3 is 2.45 bits per heavy atom. The summed E-state index contributed by atoms with van der Waals surface area (Å²) in [5, 5.41) is 6.35. The molecule has 0 aromatic rings. The number of hydrogen-bond donors (Lipinski definition) is 2. The third-order valence-corrected chi connectivity index (χ3v) is 4.56. The molecule has 5 nitrogen and oxygen atoms in total. The molecule has 1 heterocycles. The van der Waals surface area contributed by atoms with E-state index in [2.05, 4.69) is 15.5 Å². The molecule has 0 aromatic heterocycles. The number of piperazine rings is 1. The standard InChI is InChI=1S/C15H27N3O2/c1-12(19)13-4-2-3-5-14(13)15(20)17-8-11-18-9-6-16-7-10-18/h13-14,16H,2-11H2,1H3,(H,17,20)/t13-,14?/m0/s1. The lowest BCUT2D eigenvalue weighted by atomic mass is 9.77.